The van der Waals surface area contributed by atoms with Crippen molar-refractivity contribution in [2.24, 2.45) is 5.73 Å². The molecule has 5 nitrogen and oxygen atoms in total. The molecule has 0 bridgehead atoms. The van der Waals surface area contributed by atoms with Crippen LogP contribution < -0.4 is 5.73 Å². The van der Waals surface area contributed by atoms with Crippen molar-refractivity contribution in [3.8, 4) is 0 Å². The van der Waals surface area contributed by atoms with E-state index in [9.17, 15) is 4.39 Å². The second-order valence-electron chi connectivity index (χ2n) is 7.25. The quantitative estimate of drug-likeness (QED) is 0.670. The van der Waals surface area contributed by atoms with Gasteiger partial charge in [-0.25, -0.2) is 9.37 Å². The van der Waals surface area contributed by atoms with Crippen LogP contribution in [-0.2, 0) is 13.0 Å². The van der Waals surface area contributed by atoms with Crippen molar-refractivity contribution in [2.45, 2.75) is 44.4 Å². The highest BCUT2D eigenvalue weighted by molar-refractivity contribution is 5.74. The van der Waals surface area contributed by atoms with Gasteiger partial charge in [-0.2, -0.15) is 0 Å². The Labute approximate surface area is 158 Å². The van der Waals surface area contributed by atoms with Crippen LogP contribution in [-0.4, -0.2) is 39.1 Å². The van der Waals surface area contributed by atoms with Crippen molar-refractivity contribution in [3.05, 3.63) is 59.7 Å². The minimum absolute atomic E-state index is 0.0674. The number of H-pyrrole nitrogens is 1. The lowest BCUT2D eigenvalue weighted by Gasteiger charge is -2.34. The molecule has 142 valence electrons. The third-order valence-electron chi connectivity index (χ3n) is 5.38. The van der Waals surface area contributed by atoms with Crippen molar-refractivity contribution >= 4 is 11.0 Å². The normalized spacial score (nSPS) is 18.0. The number of hydrogen-bond acceptors (Lipinski definition) is 4. The van der Waals surface area contributed by atoms with Crippen LogP contribution in [0.1, 0.15) is 42.4 Å². The summed E-state index contributed by atoms with van der Waals surface area (Å²) >= 11 is 0. The molecule has 6 heteroatoms. The monoisotopic (exact) mass is 367 g/mol. The molecule has 4 rings (SSSR count). The number of pyridine rings is 1. The van der Waals surface area contributed by atoms with E-state index in [-0.39, 0.29) is 12.6 Å². The molecule has 27 heavy (non-hydrogen) atoms. The second kappa shape index (κ2) is 8.15. The van der Waals surface area contributed by atoms with Gasteiger partial charge in [-0.3, -0.25) is 9.88 Å². The predicted molar refractivity (Wildman–Crippen MR) is 105 cm³/mol. The van der Waals surface area contributed by atoms with E-state index in [1.165, 1.54) is 5.56 Å². The first-order valence-corrected chi connectivity index (χ1v) is 9.70. The average Bonchev–Trinajstić information content (AvgIpc) is 3.13. The summed E-state index contributed by atoms with van der Waals surface area (Å²) in [5.41, 5.74) is 9.91. The number of para-hydroxylation sites is 2. The number of hydrogen-bond donors (Lipinski definition) is 2. The first kappa shape index (κ1) is 18.1. The van der Waals surface area contributed by atoms with Crippen LogP contribution in [0.5, 0.6) is 0 Å². The van der Waals surface area contributed by atoms with Gasteiger partial charge in [-0.1, -0.05) is 18.2 Å². The molecule has 1 aliphatic rings. The van der Waals surface area contributed by atoms with Gasteiger partial charge in [0, 0.05) is 19.3 Å². The standard InChI is InChI=1S/C21H26FN5/c22-16(13-23)10-12-27(14-20-25-17-7-1-2-8-18(17)26-20)19-9-3-5-15-6-4-11-24-21(15)19/h1-2,4,6-8,11,16,19H,3,5,9-10,12-14,23H2,(H,25,26). The minimum atomic E-state index is -0.977. The van der Waals surface area contributed by atoms with Gasteiger partial charge in [0.2, 0.25) is 0 Å². The Morgan fingerprint density at radius 2 is 2.15 bits per heavy atom. The van der Waals surface area contributed by atoms with Gasteiger partial charge >= 0.3 is 0 Å². The first-order chi connectivity index (χ1) is 13.2. The zero-order valence-electron chi connectivity index (χ0n) is 15.4. The predicted octanol–water partition coefficient (Wildman–Crippen LogP) is 3.52. The molecule has 3 aromatic rings. The van der Waals surface area contributed by atoms with Crippen LogP contribution in [0.4, 0.5) is 4.39 Å². The van der Waals surface area contributed by atoms with Crippen LogP contribution in [0.15, 0.2) is 42.6 Å². The molecule has 0 saturated heterocycles. The maximum atomic E-state index is 13.9. The number of nitrogens with two attached hydrogens (primary N) is 1. The van der Waals surface area contributed by atoms with E-state index in [4.69, 9.17) is 10.7 Å². The zero-order chi connectivity index (χ0) is 18.6. The zero-order valence-corrected chi connectivity index (χ0v) is 15.4. The number of halogens is 1. The highest BCUT2D eigenvalue weighted by atomic mass is 19.1. The number of alkyl halides is 1. The van der Waals surface area contributed by atoms with Crippen LogP contribution in [0.2, 0.25) is 0 Å². The van der Waals surface area contributed by atoms with Crippen LogP contribution in [0.25, 0.3) is 11.0 Å². The SMILES string of the molecule is NCC(F)CCN(Cc1nc2ccccc2[nH]1)C1CCCc2cccnc21. The van der Waals surface area contributed by atoms with Gasteiger partial charge < -0.3 is 10.7 Å². The number of aromatic amines is 1. The summed E-state index contributed by atoms with van der Waals surface area (Å²) in [7, 11) is 0. The Hall–Kier alpha value is -2.31. The molecule has 2 aromatic heterocycles. The molecular formula is C21H26FN5. The van der Waals surface area contributed by atoms with Crippen molar-refractivity contribution in [2.75, 3.05) is 13.1 Å². The number of benzene rings is 1. The van der Waals surface area contributed by atoms with Gasteiger partial charge in [0.15, 0.2) is 0 Å². The van der Waals surface area contributed by atoms with Crippen molar-refractivity contribution in [3.63, 3.8) is 0 Å². The number of aryl methyl sites for hydroxylation is 1. The maximum Gasteiger partial charge on any atom is 0.121 e. The summed E-state index contributed by atoms with van der Waals surface area (Å²) in [5.74, 6) is 0.905. The van der Waals surface area contributed by atoms with Crippen molar-refractivity contribution in [1.82, 2.24) is 19.9 Å². The molecule has 0 spiro atoms. The third kappa shape index (κ3) is 4.01. The summed E-state index contributed by atoms with van der Waals surface area (Å²) in [5, 5.41) is 0. The van der Waals surface area contributed by atoms with E-state index in [0.29, 0.717) is 19.5 Å². The number of imidazole rings is 1. The Morgan fingerprint density at radius 1 is 1.26 bits per heavy atom. The van der Waals surface area contributed by atoms with Gasteiger partial charge in [0.05, 0.1) is 29.3 Å². The molecular weight excluding hydrogens is 341 g/mol. The Kier molecular flexibility index (Phi) is 5.45. The smallest absolute Gasteiger partial charge is 0.121 e. The molecule has 2 unspecified atom stereocenters. The highest BCUT2D eigenvalue weighted by Crippen LogP contribution is 2.34. The molecule has 1 aromatic carbocycles. The lowest BCUT2D eigenvalue weighted by Crippen LogP contribution is -2.34. The number of fused-ring (bicyclic) bond motifs is 2. The Balaban J connectivity index is 1.60. The largest absolute Gasteiger partial charge is 0.341 e. The molecule has 3 N–H and O–H groups in total. The van der Waals surface area contributed by atoms with Gasteiger partial charge in [0.1, 0.15) is 12.0 Å². The van der Waals surface area contributed by atoms with Gasteiger partial charge in [-0.15, -0.1) is 0 Å². The summed E-state index contributed by atoms with van der Waals surface area (Å²) in [4.78, 5) is 15.1. The number of rotatable bonds is 7. The fourth-order valence-electron chi connectivity index (χ4n) is 3.98. The summed E-state index contributed by atoms with van der Waals surface area (Å²) < 4.78 is 13.9. The summed E-state index contributed by atoms with van der Waals surface area (Å²) in [6, 6.07) is 12.4. The van der Waals surface area contributed by atoms with Gasteiger partial charge in [0.25, 0.3) is 0 Å². The van der Waals surface area contributed by atoms with E-state index in [1.807, 2.05) is 36.5 Å². The lowest BCUT2D eigenvalue weighted by molar-refractivity contribution is 0.144. The molecule has 0 amide bonds. The maximum absolute atomic E-state index is 13.9. The van der Waals surface area contributed by atoms with Crippen LogP contribution >= 0.6 is 0 Å². The summed E-state index contributed by atoms with van der Waals surface area (Å²) in [6.45, 7) is 1.35. The number of nitrogens with one attached hydrogen (secondary N) is 1. The van der Waals surface area contributed by atoms with E-state index < -0.39 is 6.17 Å². The van der Waals surface area contributed by atoms with Crippen molar-refractivity contribution < 1.29 is 4.39 Å². The Morgan fingerprint density at radius 3 is 3.00 bits per heavy atom. The minimum Gasteiger partial charge on any atom is -0.341 e. The fraction of sp³-hybridized carbons (Fsp3) is 0.429. The summed E-state index contributed by atoms with van der Waals surface area (Å²) in [6.07, 6.45) is 4.52. The van der Waals surface area contributed by atoms with E-state index in [0.717, 1.165) is 41.8 Å². The van der Waals surface area contributed by atoms with E-state index >= 15 is 0 Å². The molecule has 2 atom stereocenters. The number of aromatic nitrogens is 3. The van der Waals surface area contributed by atoms with Crippen molar-refractivity contribution in [1.29, 1.82) is 0 Å². The topological polar surface area (TPSA) is 70.8 Å². The average molecular weight is 367 g/mol. The van der Waals surface area contributed by atoms with Crippen LogP contribution in [0.3, 0.4) is 0 Å². The lowest BCUT2D eigenvalue weighted by atomic mass is 9.90. The van der Waals surface area contributed by atoms with Crippen LogP contribution in [0, 0.1) is 0 Å². The molecule has 0 aliphatic heterocycles. The Bertz CT molecular complexity index is 860. The molecule has 2 heterocycles. The third-order valence-corrected chi connectivity index (χ3v) is 5.38. The second-order valence-corrected chi connectivity index (χ2v) is 7.25. The molecule has 0 fully saturated rings. The fourth-order valence-corrected chi connectivity index (χ4v) is 3.98. The molecule has 1 aliphatic carbocycles. The molecule has 0 radical (unpaired) electrons. The van der Waals surface area contributed by atoms with Gasteiger partial charge in [-0.05, 0) is 49.4 Å². The highest BCUT2D eigenvalue weighted by Gasteiger charge is 2.28. The van der Waals surface area contributed by atoms with E-state index in [2.05, 4.69) is 20.9 Å². The molecule has 0 saturated carbocycles. The first-order valence-electron chi connectivity index (χ1n) is 9.70. The number of nitrogens with zero attached hydrogens (tertiary/aromatic N) is 3. The van der Waals surface area contributed by atoms with E-state index in [1.54, 1.807) is 0 Å².